The third-order valence-corrected chi connectivity index (χ3v) is 4.68. The Bertz CT molecular complexity index is 732. The van der Waals surface area contributed by atoms with Crippen molar-refractivity contribution in [2.45, 2.75) is 0 Å². The lowest BCUT2D eigenvalue weighted by Crippen LogP contribution is -2.04. The van der Waals surface area contributed by atoms with Crippen molar-refractivity contribution in [3.63, 3.8) is 0 Å². The van der Waals surface area contributed by atoms with E-state index in [9.17, 15) is 4.79 Å². The van der Waals surface area contributed by atoms with E-state index in [0.29, 0.717) is 11.6 Å². The molecule has 100 valence electrons. The average Bonchev–Trinajstić information content (AvgIpc) is 2.98. The molecule has 0 spiro atoms. The van der Waals surface area contributed by atoms with Gasteiger partial charge in [-0.3, -0.25) is 0 Å². The number of ether oxygens (including phenoxy) is 1. The van der Waals surface area contributed by atoms with Crippen LogP contribution < -0.4 is 0 Å². The highest BCUT2D eigenvalue weighted by molar-refractivity contribution is 9.11. The molecule has 0 amide bonds. The second-order valence-electron chi connectivity index (χ2n) is 3.98. The van der Waals surface area contributed by atoms with Gasteiger partial charge in [0.25, 0.3) is 0 Å². The zero-order valence-corrected chi connectivity index (χ0v) is 14.0. The number of esters is 1. The number of rotatable bonds is 2. The Balaban J connectivity index is 1.92. The predicted octanol–water partition coefficient (Wildman–Crippen LogP) is 4.62. The van der Waals surface area contributed by atoms with Gasteiger partial charge in [0.15, 0.2) is 5.70 Å². The van der Waals surface area contributed by atoms with Gasteiger partial charge in [0.2, 0.25) is 5.90 Å². The number of nitrogens with zero attached hydrogens (tertiary/aromatic N) is 1. The van der Waals surface area contributed by atoms with Gasteiger partial charge < -0.3 is 4.74 Å². The number of thiophene rings is 1. The summed E-state index contributed by atoms with van der Waals surface area (Å²) in [5.41, 5.74) is 1.09. The zero-order chi connectivity index (χ0) is 14.1. The first-order chi connectivity index (χ1) is 9.61. The molecule has 0 bridgehead atoms. The van der Waals surface area contributed by atoms with Crippen LogP contribution in [0.3, 0.4) is 0 Å². The van der Waals surface area contributed by atoms with Crippen LogP contribution in [0.2, 0.25) is 0 Å². The molecule has 0 N–H and O–H groups in total. The lowest BCUT2D eigenvalue weighted by Gasteiger charge is -1.98. The minimum atomic E-state index is -0.424. The molecule has 0 radical (unpaired) electrons. The van der Waals surface area contributed by atoms with Gasteiger partial charge in [-0.05, 0) is 58.4 Å². The standard InChI is InChI=1S/C14H7Br2NO2S/c15-9-3-1-8(2-4-9)13-17-11(14(18)19-13)7-10-5-6-12(16)20-10/h1-7H/b11-7-. The molecule has 0 saturated heterocycles. The second-order valence-corrected chi connectivity index (χ2v) is 7.40. The molecule has 3 nitrogen and oxygen atoms in total. The van der Waals surface area contributed by atoms with Crippen molar-refractivity contribution in [3.8, 4) is 0 Å². The van der Waals surface area contributed by atoms with Gasteiger partial charge in [0, 0.05) is 14.9 Å². The van der Waals surface area contributed by atoms with Crippen LogP contribution >= 0.6 is 43.2 Å². The Morgan fingerprint density at radius 3 is 2.50 bits per heavy atom. The van der Waals surface area contributed by atoms with E-state index in [4.69, 9.17) is 4.74 Å². The topological polar surface area (TPSA) is 38.7 Å². The molecule has 0 atom stereocenters. The lowest BCUT2D eigenvalue weighted by molar-refractivity contribution is -0.129. The monoisotopic (exact) mass is 411 g/mol. The molecule has 2 aromatic rings. The molecule has 3 rings (SSSR count). The van der Waals surface area contributed by atoms with E-state index in [2.05, 4.69) is 36.9 Å². The molecule has 20 heavy (non-hydrogen) atoms. The van der Waals surface area contributed by atoms with Crippen molar-refractivity contribution in [2.75, 3.05) is 0 Å². The number of carbonyl (C=O) groups excluding carboxylic acids is 1. The van der Waals surface area contributed by atoms with E-state index < -0.39 is 5.97 Å². The van der Waals surface area contributed by atoms with Crippen molar-refractivity contribution in [3.05, 3.63) is 60.8 Å². The Hall–Kier alpha value is -1.24. The highest BCUT2D eigenvalue weighted by Gasteiger charge is 2.24. The molecule has 0 unspecified atom stereocenters. The molecule has 0 aliphatic carbocycles. The minimum absolute atomic E-state index is 0.317. The van der Waals surface area contributed by atoms with Crippen LogP contribution in [-0.4, -0.2) is 11.9 Å². The van der Waals surface area contributed by atoms with Crippen molar-refractivity contribution in [1.82, 2.24) is 0 Å². The number of hydrogen-bond acceptors (Lipinski definition) is 4. The summed E-state index contributed by atoms with van der Waals surface area (Å²) in [6, 6.07) is 11.3. The summed E-state index contributed by atoms with van der Waals surface area (Å²) < 4.78 is 7.17. The summed E-state index contributed by atoms with van der Waals surface area (Å²) in [4.78, 5) is 17.0. The maximum Gasteiger partial charge on any atom is 0.363 e. The van der Waals surface area contributed by atoms with Crippen molar-refractivity contribution in [1.29, 1.82) is 0 Å². The minimum Gasteiger partial charge on any atom is -0.402 e. The largest absolute Gasteiger partial charge is 0.402 e. The number of cyclic esters (lactones) is 1. The van der Waals surface area contributed by atoms with Crippen molar-refractivity contribution >= 4 is 61.1 Å². The first-order valence-corrected chi connectivity index (χ1v) is 8.06. The quantitative estimate of drug-likeness (QED) is 0.533. The number of aliphatic imine (C=N–C) groups is 1. The molecule has 1 aromatic carbocycles. The highest BCUT2D eigenvalue weighted by atomic mass is 79.9. The number of halogens is 2. The van der Waals surface area contributed by atoms with Gasteiger partial charge in [-0.1, -0.05) is 15.9 Å². The van der Waals surface area contributed by atoms with E-state index in [-0.39, 0.29) is 0 Å². The van der Waals surface area contributed by atoms with Gasteiger partial charge in [-0.25, -0.2) is 9.79 Å². The van der Waals surface area contributed by atoms with Crippen LogP contribution in [0.4, 0.5) is 0 Å². The van der Waals surface area contributed by atoms with E-state index in [1.165, 1.54) is 11.3 Å². The van der Waals surface area contributed by atoms with E-state index in [1.807, 2.05) is 36.4 Å². The number of hydrogen-bond donors (Lipinski definition) is 0. The Morgan fingerprint density at radius 2 is 1.85 bits per heavy atom. The molecular formula is C14H7Br2NO2S. The summed E-state index contributed by atoms with van der Waals surface area (Å²) in [6.45, 7) is 0. The van der Waals surface area contributed by atoms with Crippen LogP contribution in [-0.2, 0) is 9.53 Å². The van der Waals surface area contributed by atoms with Crippen LogP contribution in [0.5, 0.6) is 0 Å². The maximum absolute atomic E-state index is 11.8. The number of carbonyl (C=O) groups is 1. The zero-order valence-electron chi connectivity index (χ0n) is 9.97. The summed E-state index contributed by atoms with van der Waals surface area (Å²) in [5.74, 6) is -0.0863. The molecular weight excluding hydrogens is 406 g/mol. The predicted molar refractivity (Wildman–Crippen MR) is 86.8 cm³/mol. The SMILES string of the molecule is O=C1OC(c2ccc(Br)cc2)=N/C1=C\c1ccc(Br)s1. The Kier molecular flexibility index (Phi) is 3.87. The average molecular weight is 413 g/mol. The van der Waals surface area contributed by atoms with Gasteiger partial charge in [0.05, 0.1) is 3.79 Å². The summed E-state index contributed by atoms with van der Waals surface area (Å²) in [6.07, 6.45) is 1.73. The molecule has 1 aliphatic rings. The molecule has 1 aliphatic heterocycles. The second kappa shape index (κ2) is 5.63. The first kappa shape index (κ1) is 13.7. The third-order valence-electron chi connectivity index (χ3n) is 2.58. The molecule has 6 heteroatoms. The summed E-state index contributed by atoms with van der Waals surface area (Å²) >= 11 is 8.28. The fraction of sp³-hybridized carbons (Fsp3) is 0. The van der Waals surface area contributed by atoms with Crippen LogP contribution in [0.25, 0.3) is 6.08 Å². The fourth-order valence-electron chi connectivity index (χ4n) is 1.67. The van der Waals surface area contributed by atoms with Gasteiger partial charge in [-0.15, -0.1) is 11.3 Å². The van der Waals surface area contributed by atoms with E-state index in [0.717, 1.165) is 18.7 Å². The van der Waals surface area contributed by atoms with Crippen molar-refractivity contribution in [2.24, 2.45) is 4.99 Å². The fourth-order valence-corrected chi connectivity index (χ4v) is 3.29. The number of benzene rings is 1. The van der Waals surface area contributed by atoms with Gasteiger partial charge in [0.1, 0.15) is 0 Å². The first-order valence-electron chi connectivity index (χ1n) is 5.66. The van der Waals surface area contributed by atoms with Gasteiger partial charge >= 0.3 is 5.97 Å². The van der Waals surface area contributed by atoms with Crippen LogP contribution in [0.1, 0.15) is 10.4 Å². The molecule has 0 fully saturated rings. The van der Waals surface area contributed by atoms with E-state index in [1.54, 1.807) is 6.08 Å². The highest BCUT2D eigenvalue weighted by Crippen LogP contribution is 2.26. The van der Waals surface area contributed by atoms with Crippen LogP contribution in [0.15, 0.2) is 55.3 Å². The molecule has 2 heterocycles. The van der Waals surface area contributed by atoms with Crippen LogP contribution in [0, 0.1) is 0 Å². The normalized spacial score (nSPS) is 16.4. The Labute approximate surface area is 136 Å². The van der Waals surface area contributed by atoms with Crippen molar-refractivity contribution < 1.29 is 9.53 Å². The Morgan fingerprint density at radius 1 is 1.10 bits per heavy atom. The molecule has 1 aromatic heterocycles. The third kappa shape index (κ3) is 2.92. The summed E-state index contributed by atoms with van der Waals surface area (Å²) in [7, 11) is 0. The van der Waals surface area contributed by atoms with E-state index >= 15 is 0 Å². The smallest absolute Gasteiger partial charge is 0.363 e. The molecule has 0 saturated carbocycles. The maximum atomic E-state index is 11.8. The lowest BCUT2D eigenvalue weighted by atomic mass is 10.2. The summed E-state index contributed by atoms with van der Waals surface area (Å²) in [5, 5.41) is 0. The van der Waals surface area contributed by atoms with Gasteiger partial charge in [-0.2, -0.15) is 0 Å².